The van der Waals surface area contributed by atoms with E-state index >= 15 is 0 Å². The molecule has 0 aliphatic carbocycles. The minimum atomic E-state index is 0.00264. The van der Waals surface area contributed by atoms with Gasteiger partial charge in [0.1, 0.15) is 15.5 Å². The van der Waals surface area contributed by atoms with E-state index in [2.05, 4.69) is 4.98 Å². The molecule has 5 nitrogen and oxygen atoms in total. The molecule has 4 aromatic rings. The third-order valence-electron chi connectivity index (χ3n) is 3.86. The lowest BCUT2D eigenvalue weighted by atomic mass is 10.2. The van der Waals surface area contributed by atoms with E-state index in [0.29, 0.717) is 15.6 Å². The van der Waals surface area contributed by atoms with Gasteiger partial charge in [-0.1, -0.05) is 23.9 Å². The molecule has 0 aliphatic heterocycles. The number of thiazole rings is 1. The Balaban J connectivity index is 1.55. The Morgan fingerprint density at radius 2 is 2.12 bits per heavy atom. The minimum absolute atomic E-state index is 0.00264. The first-order valence-electron chi connectivity index (χ1n) is 7.81. The summed E-state index contributed by atoms with van der Waals surface area (Å²) in [4.78, 5) is 21.7. The van der Waals surface area contributed by atoms with Gasteiger partial charge in [-0.25, -0.2) is 9.97 Å². The molecule has 0 fully saturated rings. The monoisotopic (exact) mass is 401 g/mol. The maximum Gasteiger partial charge on any atom is 0.271 e. The summed E-state index contributed by atoms with van der Waals surface area (Å²) in [6, 6.07) is 9.76. The van der Waals surface area contributed by atoms with Crippen LogP contribution in [0.15, 0.2) is 51.0 Å². The number of aromatic nitrogens is 3. The third-order valence-corrected chi connectivity index (χ3v) is 6.76. The average molecular weight is 402 g/mol. The van der Waals surface area contributed by atoms with Gasteiger partial charge in [-0.3, -0.25) is 9.36 Å². The number of hydrogen-bond donors (Lipinski definition) is 0. The number of nitrogens with zero attached hydrogens (tertiary/aromatic N) is 3. The normalized spacial score (nSPS) is 11.2. The summed E-state index contributed by atoms with van der Waals surface area (Å²) in [6.07, 6.45) is 0. The van der Waals surface area contributed by atoms with Gasteiger partial charge in [0.15, 0.2) is 5.16 Å². The van der Waals surface area contributed by atoms with E-state index in [1.807, 2.05) is 41.1 Å². The molecule has 0 unspecified atom stereocenters. The van der Waals surface area contributed by atoms with Crippen LogP contribution in [0.4, 0.5) is 0 Å². The van der Waals surface area contributed by atoms with E-state index in [4.69, 9.17) is 9.72 Å². The first-order valence-corrected chi connectivity index (χ1v) is 10.6. The number of benzene rings is 1. The topological polar surface area (TPSA) is 57.0 Å². The van der Waals surface area contributed by atoms with E-state index in [0.717, 1.165) is 27.5 Å². The Labute approximate surface area is 162 Å². The Morgan fingerprint density at radius 1 is 1.23 bits per heavy atom. The molecule has 0 saturated carbocycles. The number of methoxy groups -OCH3 is 1. The maximum atomic E-state index is 12.4. The number of ether oxygens (including phenoxy) is 1. The molecule has 132 valence electrons. The molecule has 1 aromatic carbocycles. The van der Waals surface area contributed by atoms with Crippen molar-refractivity contribution in [2.75, 3.05) is 7.11 Å². The fraction of sp³-hybridized carbons (Fsp3) is 0.167. The number of thiophene rings is 1. The first kappa shape index (κ1) is 17.3. The summed E-state index contributed by atoms with van der Waals surface area (Å²) in [5, 5.41) is 5.60. The standard InChI is InChI=1S/C18H15N3O2S3/c1-21-17(22)15-14(6-7-24-15)20-18(21)26-10-12-9-25-16(19-12)11-4-3-5-13(8-11)23-2/h3-9H,10H2,1-2H3. The zero-order chi connectivity index (χ0) is 18.1. The van der Waals surface area contributed by atoms with Crippen molar-refractivity contribution in [1.29, 1.82) is 0 Å². The fourth-order valence-electron chi connectivity index (χ4n) is 2.50. The summed E-state index contributed by atoms with van der Waals surface area (Å²) in [7, 11) is 3.42. The highest BCUT2D eigenvalue weighted by molar-refractivity contribution is 7.98. The molecule has 8 heteroatoms. The molecular weight excluding hydrogens is 386 g/mol. The van der Waals surface area contributed by atoms with Crippen LogP contribution in [0.3, 0.4) is 0 Å². The van der Waals surface area contributed by atoms with Crippen LogP contribution < -0.4 is 10.3 Å². The second kappa shape index (κ2) is 7.22. The van der Waals surface area contributed by atoms with E-state index in [-0.39, 0.29) is 5.56 Å². The van der Waals surface area contributed by atoms with E-state index in [1.54, 1.807) is 30.1 Å². The molecule has 0 spiro atoms. The number of hydrogen-bond acceptors (Lipinski definition) is 7. The van der Waals surface area contributed by atoms with Gasteiger partial charge in [-0.05, 0) is 23.6 Å². The molecule has 3 heterocycles. The highest BCUT2D eigenvalue weighted by atomic mass is 32.2. The molecule has 4 rings (SSSR count). The van der Waals surface area contributed by atoms with Crippen molar-refractivity contribution in [3.63, 3.8) is 0 Å². The van der Waals surface area contributed by atoms with Crippen LogP contribution in [0.1, 0.15) is 5.69 Å². The molecule has 0 N–H and O–H groups in total. The van der Waals surface area contributed by atoms with Crippen molar-refractivity contribution in [3.8, 4) is 16.3 Å². The van der Waals surface area contributed by atoms with Gasteiger partial charge in [-0.15, -0.1) is 22.7 Å². The zero-order valence-corrected chi connectivity index (χ0v) is 16.6. The fourth-order valence-corrected chi connectivity index (χ4v) is 5.09. The third kappa shape index (κ3) is 3.27. The highest BCUT2D eigenvalue weighted by Crippen LogP contribution is 2.29. The van der Waals surface area contributed by atoms with Crippen LogP contribution in [0, 0.1) is 0 Å². The van der Waals surface area contributed by atoms with Crippen LogP contribution in [0.2, 0.25) is 0 Å². The lowest BCUT2D eigenvalue weighted by molar-refractivity contribution is 0.415. The van der Waals surface area contributed by atoms with Crippen LogP contribution >= 0.6 is 34.4 Å². The summed E-state index contributed by atoms with van der Waals surface area (Å²) in [5.74, 6) is 1.48. The van der Waals surface area contributed by atoms with Crippen molar-refractivity contribution < 1.29 is 4.74 Å². The predicted octanol–water partition coefficient (Wildman–Crippen LogP) is 4.42. The highest BCUT2D eigenvalue weighted by Gasteiger charge is 2.11. The Morgan fingerprint density at radius 3 is 2.96 bits per heavy atom. The second-order valence-corrected chi connectivity index (χ2v) is 8.27. The number of thioether (sulfide) groups is 1. The number of fused-ring (bicyclic) bond motifs is 1. The van der Waals surface area contributed by atoms with Crippen molar-refractivity contribution in [2.24, 2.45) is 7.05 Å². The largest absolute Gasteiger partial charge is 0.497 e. The van der Waals surface area contributed by atoms with Crippen LogP contribution in [-0.4, -0.2) is 21.6 Å². The number of rotatable bonds is 5. The Hall–Kier alpha value is -2.16. The predicted molar refractivity (Wildman–Crippen MR) is 109 cm³/mol. The lowest BCUT2D eigenvalue weighted by Crippen LogP contribution is -2.18. The van der Waals surface area contributed by atoms with Gasteiger partial charge in [0.05, 0.1) is 18.3 Å². The zero-order valence-electron chi connectivity index (χ0n) is 14.1. The van der Waals surface area contributed by atoms with Crippen LogP contribution in [0.25, 0.3) is 20.8 Å². The van der Waals surface area contributed by atoms with Crippen molar-refractivity contribution in [3.05, 3.63) is 57.1 Å². The summed E-state index contributed by atoms with van der Waals surface area (Å²) in [6.45, 7) is 0. The molecule has 0 bridgehead atoms. The average Bonchev–Trinajstić information content (AvgIpc) is 3.33. The Bertz CT molecular complexity index is 1130. The van der Waals surface area contributed by atoms with Crippen molar-refractivity contribution in [1.82, 2.24) is 14.5 Å². The van der Waals surface area contributed by atoms with E-state index in [9.17, 15) is 4.79 Å². The van der Waals surface area contributed by atoms with Crippen LogP contribution in [-0.2, 0) is 12.8 Å². The first-order chi connectivity index (χ1) is 12.7. The van der Waals surface area contributed by atoms with Gasteiger partial charge in [0.25, 0.3) is 5.56 Å². The smallest absolute Gasteiger partial charge is 0.271 e. The van der Waals surface area contributed by atoms with Gasteiger partial charge in [-0.2, -0.15) is 0 Å². The quantitative estimate of drug-likeness (QED) is 0.366. The Kier molecular flexibility index (Phi) is 4.80. The van der Waals surface area contributed by atoms with Gasteiger partial charge < -0.3 is 4.74 Å². The SMILES string of the molecule is COc1cccc(-c2nc(CSc3nc4ccsc4c(=O)n3C)cs2)c1. The maximum absolute atomic E-state index is 12.4. The molecule has 26 heavy (non-hydrogen) atoms. The molecule has 0 amide bonds. The molecule has 0 saturated heterocycles. The van der Waals surface area contributed by atoms with Crippen LogP contribution in [0.5, 0.6) is 5.75 Å². The summed E-state index contributed by atoms with van der Waals surface area (Å²) in [5.41, 5.74) is 2.77. The molecule has 0 aliphatic rings. The summed E-state index contributed by atoms with van der Waals surface area (Å²) < 4.78 is 7.58. The van der Waals surface area contributed by atoms with Gasteiger partial charge >= 0.3 is 0 Å². The summed E-state index contributed by atoms with van der Waals surface area (Å²) >= 11 is 4.55. The van der Waals surface area contributed by atoms with Crippen molar-refractivity contribution >= 4 is 44.7 Å². The van der Waals surface area contributed by atoms with E-state index in [1.165, 1.54) is 23.1 Å². The lowest BCUT2D eigenvalue weighted by Gasteiger charge is -2.05. The van der Waals surface area contributed by atoms with Gasteiger partial charge in [0, 0.05) is 23.7 Å². The molecule has 0 radical (unpaired) electrons. The molecule has 3 aromatic heterocycles. The minimum Gasteiger partial charge on any atom is -0.497 e. The van der Waals surface area contributed by atoms with E-state index < -0.39 is 0 Å². The van der Waals surface area contributed by atoms with Gasteiger partial charge in [0.2, 0.25) is 0 Å². The van der Waals surface area contributed by atoms with Crippen molar-refractivity contribution in [2.45, 2.75) is 10.9 Å². The molecular formula is C18H15N3O2S3. The second-order valence-electron chi connectivity index (χ2n) is 5.56. The molecule has 0 atom stereocenters.